The first kappa shape index (κ1) is 18.5. The van der Waals surface area contributed by atoms with Crippen LogP contribution in [0, 0.1) is 11.3 Å². The van der Waals surface area contributed by atoms with Crippen LogP contribution in [0.1, 0.15) is 82.6 Å². The number of phenols is 1. The number of aliphatic hydroxyl groups is 2. The Labute approximate surface area is 150 Å². The van der Waals surface area contributed by atoms with Crippen molar-refractivity contribution >= 4 is 0 Å². The van der Waals surface area contributed by atoms with Crippen molar-refractivity contribution in [2.75, 3.05) is 7.11 Å². The molecule has 2 aliphatic rings. The van der Waals surface area contributed by atoms with Gasteiger partial charge >= 0.3 is 0 Å². The molecular weight excluding hydrogens is 316 g/mol. The Morgan fingerprint density at radius 3 is 2.36 bits per heavy atom. The fourth-order valence-electron chi connectivity index (χ4n) is 5.74. The van der Waals surface area contributed by atoms with E-state index in [1.54, 1.807) is 7.11 Å². The first-order chi connectivity index (χ1) is 11.6. The summed E-state index contributed by atoms with van der Waals surface area (Å²) in [7, 11) is 1.58. The van der Waals surface area contributed by atoms with Crippen molar-refractivity contribution in [2.24, 2.45) is 11.3 Å². The first-order valence-electron chi connectivity index (χ1n) is 9.36. The van der Waals surface area contributed by atoms with E-state index in [0.29, 0.717) is 11.3 Å². The molecule has 0 heterocycles. The minimum atomic E-state index is -0.986. The zero-order chi connectivity index (χ0) is 18.7. The molecule has 4 unspecified atom stereocenters. The van der Waals surface area contributed by atoms with E-state index in [9.17, 15) is 15.3 Å². The summed E-state index contributed by atoms with van der Waals surface area (Å²) < 4.78 is 5.55. The number of ether oxygens (including phenoxy) is 1. The Kier molecular flexibility index (Phi) is 4.36. The number of rotatable bonds is 2. The van der Waals surface area contributed by atoms with Crippen LogP contribution < -0.4 is 4.74 Å². The van der Waals surface area contributed by atoms with Crippen LogP contribution in [-0.2, 0) is 5.41 Å². The number of hydrogen-bond acceptors (Lipinski definition) is 4. The maximum Gasteiger partial charge on any atom is 0.164 e. The number of hydrogen-bond donors (Lipinski definition) is 3. The SMILES string of the molecule is COc1c(C(C)C)cc2c(c1O)C1(C)CCCC(C)(C)C1C(O)C2O. The fraction of sp³-hybridized carbons (Fsp3) is 0.714. The summed E-state index contributed by atoms with van der Waals surface area (Å²) in [6, 6.07) is 1.93. The fourth-order valence-corrected chi connectivity index (χ4v) is 5.74. The van der Waals surface area contributed by atoms with Crippen LogP contribution in [-0.4, -0.2) is 28.5 Å². The normalized spacial score (nSPS) is 33.7. The molecule has 1 aromatic rings. The van der Waals surface area contributed by atoms with Gasteiger partial charge in [-0.1, -0.05) is 41.0 Å². The molecule has 140 valence electrons. The average Bonchev–Trinajstić information content (AvgIpc) is 2.50. The zero-order valence-corrected chi connectivity index (χ0v) is 16.3. The number of phenolic OH excluding ortho intramolecular Hbond substituents is 1. The summed E-state index contributed by atoms with van der Waals surface area (Å²) in [5, 5.41) is 33.0. The molecule has 1 fully saturated rings. The Bertz CT molecular complexity index is 679. The van der Waals surface area contributed by atoms with Gasteiger partial charge in [-0.15, -0.1) is 0 Å². The second-order valence-electron chi connectivity index (χ2n) is 9.14. The second-order valence-corrected chi connectivity index (χ2v) is 9.14. The Morgan fingerprint density at radius 1 is 1.16 bits per heavy atom. The van der Waals surface area contributed by atoms with E-state index in [4.69, 9.17) is 4.74 Å². The molecule has 1 aromatic carbocycles. The van der Waals surface area contributed by atoms with Gasteiger partial charge in [-0.2, -0.15) is 0 Å². The number of benzene rings is 1. The van der Waals surface area contributed by atoms with Gasteiger partial charge in [0.05, 0.1) is 13.2 Å². The van der Waals surface area contributed by atoms with Gasteiger partial charge in [0.1, 0.15) is 6.10 Å². The molecule has 0 aliphatic heterocycles. The predicted octanol–water partition coefficient (Wildman–Crippen LogP) is 4.02. The van der Waals surface area contributed by atoms with Crippen molar-refractivity contribution in [1.29, 1.82) is 0 Å². The van der Waals surface area contributed by atoms with Crippen LogP contribution in [0.4, 0.5) is 0 Å². The molecule has 2 aliphatic carbocycles. The molecule has 0 radical (unpaired) electrons. The van der Waals surface area contributed by atoms with Crippen LogP contribution in [0.2, 0.25) is 0 Å². The standard InChI is InChI=1S/C21H32O4/c1-11(2)12-10-13-14(16(23)18(12)25-6)21(5)9-7-8-20(3,4)19(21)17(24)15(13)22/h10-11,15,17,19,22-24H,7-9H2,1-6H3. The smallest absolute Gasteiger partial charge is 0.164 e. The average molecular weight is 348 g/mol. The Balaban J connectivity index is 2.33. The lowest BCUT2D eigenvalue weighted by Crippen LogP contribution is -2.55. The highest BCUT2D eigenvalue weighted by molar-refractivity contribution is 5.61. The molecule has 4 atom stereocenters. The van der Waals surface area contributed by atoms with E-state index < -0.39 is 12.2 Å². The molecule has 0 amide bonds. The lowest BCUT2D eigenvalue weighted by molar-refractivity contribution is -0.114. The van der Waals surface area contributed by atoms with Crippen molar-refractivity contribution in [3.63, 3.8) is 0 Å². The lowest BCUT2D eigenvalue weighted by atomic mass is 9.48. The van der Waals surface area contributed by atoms with E-state index >= 15 is 0 Å². The third-order valence-corrected chi connectivity index (χ3v) is 6.74. The highest BCUT2D eigenvalue weighted by Gasteiger charge is 2.57. The first-order valence-corrected chi connectivity index (χ1v) is 9.36. The molecule has 4 nitrogen and oxygen atoms in total. The summed E-state index contributed by atoms with van der Waals surface area (Å²) in [5.41, 5.74) is 1.79. The monoisotopic (exact) mass is 348 g/mol. The number of aromatic hydroxyl groups is 1. The van der Waals surface area contributed by atoms with Crippen LogP contribution in [0.25, 0.3) is 0 Å². The molecule has 0 spiro atoms. The largest absolute Gasteiger partial charge is 0.504 e. The van der Waals surface area contributed by atoms with Crippen molar-refractivity contribution in [3.8, 4) is 11.5 Å². The molecule has 3 N–H and O–H groups in total. The Hall–Kier alpha value is -1.26. The van der Waals surface area contributed by atoms with E-state index in [0.717, 1.165) is 30.4 Å². The number of methoxy groups -OCH3 is 1. The van der Waals surface area contributed by atoms with Gasteiger partial charge in [-0.25, -0.2) is 0 Å². The Morgan fingerprint density at radius 2 is 1.80 bits per heavy atom. The molecule has 25 heavy (non-hydrogen) atoms. The van der Waals surface area contributed by atoms with Gasteiger partial charge in [-0.3, -0.25) is 0 Å². The lowest BCUT2D eigenvalue weighted by Gasteiger charge is -2.57. The van der Waals surface area contributed by atoms with Gasteiger partial charge in [0.2, 0.25) is 0 Å². The van der Waals surface area contributed by atoms with Crippen LogP contribution in [0.15, 0.2) is 6.07 Å². The third kappa shape index (κ3) is 2.48. The van der Waals surface area contributed by atoms with Crippen LogP contribution in [0.5, 0.6) is 11.5 Å². The van der Waals surface area contributed by atoms with Gasteiger partial charge in [0.15, 0.2) is 11.5 Å². The van der Waals surface area contributed by atoms with Crippen molar-refractivity contribution in [2.45, 2.75) is 77.4 Å². The predicted molar refractivity (Wildman–Crippen MR) is 98.2 cm³/mol. The highest BCUT2D eigenvalue weighted by Crippen LogP contribution is 2.62. The molecular formula is C21H32O4. The number of fused-ring (bicyclic) bond motifs is 3. The second kappa shape index (κ2) is 5.88. The topological polar surface area (TPSA) is 69.9 Å². The van der Waals surface area contributed by atoms with Gasteiger partial charge in [-0.05, 0) is 35.8 Å². The summed E-state index contributed by atoms with van der Waals surface area (Å²) in [4.78, 5) is 0. The van der Waals surface area contributed by atoms with Crippen LogP contribution in [0.3, 0.4) is 0 Å². The quantitative estimate of drug-likeness (QED) is 0.755. The maximum absolute atomic E-state index is 11.1. The summed E-state index contributed by atoms with van der Waals surface area (Å²) in [6.07, 6.45) is 1.11. The highest BCUT2D eigenvalue weighted by atomic mass is 16.5. The van der Waals surface area contributed by atoms with Crippen molar-refractivity contribution < 1.29 is 20.1 Å². The summed E-state index contributed by atoms with van der Waals surface area (Å²) >= 11 is 0. The minimum absolute atomic E-state index is 0.110. The molecule has 4 heteroatoms. The van der Waals surface area contributed by atoms with Gasteiger partial charge < -0.3 is 20.1 Å². The van der Waals surface area contributed by atoms with Gasteiger partial charge in [0, 0.05) is 22.5 Å². The molecule has 0 bridgehead atoms. The van der Waals surface area contributed by atoms with Crippen molar-refractivity contribution in [1.82, 2.24) is 0 Å². The molecule has 0 saturated heterocycles. The molecule has 0 aromatic heterocycles. The van der Waals surface area contributed by atoms with E-state index in [-0.39, 0.29) is 28.4 Å². The molecule has 3 rings (SSSR count). The minimum Gasteiger partial charge on any atom is -0.504 e. The summed E-state index contributed by atoms with van der Waals surface area (Å²) in [6.45, 7) is 10.5. The van der Waals surface area contributed by atoms with E-state index in [1.165, 1.54) is 0 Å². The maximum atomic E-state index is 11.1. The third-order valence-electron chi connectivity index (χ3n) is 6.74. The van der Waals surface area contributed by atoms with Gasteiger partial charge in [0.25, 0.3) is 0 Å². The van der Waals surface area contributed by atoms with Crippen molar-refractivity contribution in [3.05, 3.63) is 22.8 Å². The number of aliphatic hydroxyl groups excluding tert-OH is 2. The molecule has 1 saturated carbocycles. The van der Waals surface area contributed by atoms with Crippen LogP contribution >= 0.6 is 0 Å². The van der Waals surface area contributed by atoms with E-state index in [2.05, 4.69) is 20.8 Å². The zero-order valence-electron chi connectivity index (χ0n) is 16.3. The summed E-state index contributed by atoms with van der Waals surface area (Å²) in [5.74, 6) is 0.668. The van der Waals surface area contributed by atoms with E-state index in [1.807, 2.05) is 19.9 Å².